The number of hydrogen-bond acceptors (Lipinski definition) is 6. The molecule has 0 amide bonds. The molecule has 0 fully saturated rings. The van der Waals surface area contributed by atoms with E-state index < -0.39 is 23.5 Å². The van der Waals surface area contributed by atoms with Gasteiger partial charge in [-0.1, -0.05) is 47.0 Å². The van der Waals surface area contributed by atoms with Crippen molar-refractivity contribution in [3.63, 3.8) is 0 Å². The van der Waals surface area contributed by atoms with E-state index in [0.29, 0.717) is 0 Å². The number of aliphatic hydroxyl groups is 1. The molecule has 0 rings (SSSR count). The minimum Gasteiger partial charge on any atom is -0.476 e. The summed E-state index contributed by atoms with van der Waals surface area (Å²) in [4.78, 5) is 40.1. The summed E-state index contributed by atoms with van der Waals surface area (Å²) in [5.41, 5.74) is 0. The fraction of sp³-hybridized carbons (Fsp3) is 0.789. The lowest BCUT2D eigenvalue weighted by Crippen LogP contribution is -2.20. The molecule has 0 saturated carbocycles. The van der Waals surface area contributed by atoms with Gasteiger partial charge in [0.15, 0.2) is 0 Å². The lowest BCUT2D eigenvalue weighted by Gasteiger charge is -2.10. The van der Waals surface area contributed by atoms with Crippen LogP contribution < -0.4 is 0 Å². The second-order valence-electron chi connectivity index (χ2n) is 5.77. The number of carbonyl (C=O) groups is 4. The average molecular weight is 379 g/mol. The van der Waals surface area contributed by atoms with E-state index in [1.165, 1.54) is 13.3 Å². The predicted octanol–water partition coefficient (Wildman–Crippen LogP) is 3.55. The molecular formula is C19H38O7. The van der Waals surface area contributed by atoms with Crippen LogP contribution in [-0.4, -0.2) is 45.9 Å². The van der Waals surface area contributed by atoms with Gasteiger partial charge in [0.05, 0.1) is 12.2 Å². The highest BCUT2D eigenvalue weighted by Crippen LogP contribution is 2.04. The fourth-order valence-electron chi connectivity index (χ4n) is 1.32. The molecule has 0 heterocycles. The summed E-state index contributed by atoms with van der Waals surface area (Å²) in [5.74, 6) is -3.46. The quantitative estimate of drug-likeness (QED) is 0.465. The standard InChI is InChI=1S/C9H16O3.C6H14O.C3H4O3.CH4/c1-4-5-6-7(2)12-9(11)8(3)10;1-3-4-5-6(2)7;1-2(4)3(5)6;/h7H,4-6H2,1-3H3;6-7H,3-5H2,1-2H3;1H3,(H,5,6);1H4. The Balaban J connectivity index is -0.000000149. The van der Waals surface area contributed by atoms with Crippen molar-refractivity contribution in [3.8, 4) is 0 Å². The first kappa shape index (κ1) is 32.0. The van der Waals surface area contributed by atoms with E-state index in [4.69, 9.17) is 14.9 Å². The second-order valence-corrected chi connectivity index (χ2v) is 5.77. The summed E-state index contributed by atoms with van der Waals surface area (Å²) in [5, 5.41) is 16.3. The van der Waals surface area contributed by atoms with Crippen LogP contribution in [0.1, 0.15) is 87.5 Å². The number of aliphatic carboxylic acids is 1. The van der Waals surface area contributed by atoms with Gasteiger partial charge in [0.1, 0.15) is 0 Å². The third-order valence-corrected chi connectivity index (χ3v) is 2.84. The molecule has 2 unspecified atom stereocenters. The molecule has 2 N–H and O–H groups in total. The summed E-state index contributed by atoms with van der Waals surface area (Å²) in [6.45, 7) is 10.0. The van der Waals surface area contributed by atoms with E-state index in [0.717, 1.165) is 39.0 Å². The van der Waals surface area contributed by atoms with Gasteiger partial charge >= 0.3 is 11.9 Å². The van der Waals surface area contributed by atoms with Crippen LogP contribution in [0.4, 0.5) is 0 Å². The van der Waals surface area contributed by atoms with Crippen molar-refractivity contribution in [1.29, 1.82) is 0 Å². The smallest absolute Gasteiger partial charge is 0.374 e. The summed E-state index contributed by atoms with van der Waals surface area (Å²) >= 11 is 0. The average Bonchev–Trinajstić information content (AvgIpc) is 2.51. The van der Waals surface area contributed by atoms with Crippen LogP contribution in [0.3, 0.4) is 0 Å². The molecule has 0 radical (unpaired) electrons. The number of carboxylic acid groups (broad SMARTS) is 1. The Hall–Kier alpha value is -1.76. The fourth-order valence-corrected chi connectivity index (χ4v) is 1.32. The number of hydrogen-bond donors (Lipinski definition) is 2. The highest BCUT2D eigenvalue weighted by atomic mass is 16.5. The molecule has 0 aromatic rings. The van der Waals surface area contributed by atoms with Crippen molar-refractivity contribution in [3.05, 3.63) is 0 Å². The molecule has 7 heteroatoms. The maximum Gasteiger partial charge on any atom is 0.374 e. The normalized spacial score (nSPS) is 11.2. The van der Waals surface area contributed by atoms with E-state index in [9.17, 15) is 19.2 Å². The van der Waals surface area contributed by atoms with E-state index in [2.05, 4.69) is 13.8 Å². The van der Waals surface area contributed by atoms with Crippen LogP contribution in [0, 0.1) is 0 Å². The summed E-state index contributed by atoms with van der Waals surface area (Å²) in [7, 11) is 0. The molecule has 26 heavy (non-hydrogen) atoms. The Morgan fingerprint density at radius 3 is 1.50 bits per heavy atom. The number of ketones is 2. The molecular weight excluding hydrogens is 340 g/mol. The molecule has 0 aromatic carbocycles. The number of carboxylic acids is 1. The minimum absolute atomic E-state index is 0. The predicted molar refractivity (Wildman–Crippen MR) is 102 cm³/mol. The van der Waals surface area contributed by atoms with Gasteiger partial charge in [-0.15, -0.1) is 0 Å². The lowest BCUT2D eigenvalue weighted by atomic mass is 10.2. The van der Waals surface area contributed by atoms with Crippen LogP contribution in [-0.2, 0) is 23.9 Å². The molecule has 0 spiro atoms. The molecule has 0 aliphatic carbocycles. The Bertz CT molecular complexity index is 377. The number of rotatable bonds is 9. The topological polar surface area (TPSA) is 118 Å². The van der Waals surface area contributed by atoms with Crippen molar-refractivity contribution in [1.82, 2.24) is 0 Å². The SMILES string of the molecule is C.CC(=O)C(=O)O.CCCCC(C)O.CCCCC(C)OC(=O)C(C)=O. The number of Topliss-reactive ketones (excluding diaryl/α,β-unsaturated/α-hetero) is 2. The molecule has 0 bridgehead atoms. The van der Waals surface area contributed by atoms with Crippen LogP contribution >= 0.6 is 0 Å². The number of ether oxygens (including phenoxy) is 1. The Morgan fingerprint density at radius 1 is 0.885 bits per heavy atom. The molecule has 2 atom stereocenters. The van der Waals surface area contributed by atoms with Crippen molar-refractivity contribution in [2.75, 3.05) is 0 Å². The third-order valence-electron chi connectivity index (χ3n) is 2.84. The monoisotopic (exact) mass is 378 g/mol. The number of esters is 1. The largest absolute Gasteiger partial charge is 0.476 e. The first-order valence-corrected chi connectivity index (χ1v) is 8.62. The maximum absolute atomic E-state index is 10.7. The van der Waals surface area contributed by atoms with Crippen LogP contribution in [0.2, 0.25) is 0 Å². The van der Waals surface area contributed by atoms with Gasteiger partial charge in [-0.3, -0.25) is 9.59 Å². The van der Waals surface area contributed by atoms with Gasteiger partial charge in [-0.2, -0.15) is 0 Å². The van der Waals surface area contributed by atoms with Gasteiger partial charge < -0.3 is 14.9 Å². The lowest BCUT2D eigenvalue weighted by molar-refractivity contribution is -0.156. The molecule has 156 valence electrons. The van der Waals surface area contributed by atoms with E-state index >= 15 is 0 Å². The van der Waals surface area contributed by atoms with Crippen molar-refractivity contribution < 1.29 is 34.1 Å². The van der Waals surface area contributed by atoms with Crippen LogP contribution in [0.15, 0.2) is 0 Å². The molecule has 7 nitrogen and oxygen atoms in total. The molecule has 0 aliphatic heterocycles. The summed E-state index contributed by atoms with van der Waals surface area (Å²) in [6, 6.07) is 0. The van der Waals surface area contributed by atoms with E-state index in [1.807, 2.05) is 6.92 Å². The van der Waals surface area contributed by atoms with Gasteiger partial charge in [-0.25, -0.2) is 9.59 Å². The van der Waals surface area contributed by atoms with Gasteiger partial charge in [0, 0.05) is 13.8 Å². The highest BCUT2D eigenvalue weighted by Gasteiger charge is 2.12. The van der Waals surface area contributed by atoms with Gasteiger partial charge in [0.2, 0.25) is 11.6 Å². The minimum atomic E-state index is -1.38. The summed E-state index contributed by atoms with van der Waals surface area (Å²) < 4.78 is 4.83. The Kier molecular flexibility index (Phi) is 26.2. The second kappa shape index (κ2) is 21.3. The molecule has 0 saturated heterocycles. The van der Waals surface area contributed by atoms with Crippen molar-refractivity contribution in [2.45, 2.75) is 99.7 Å². The first-order valence-electron chi connectivity index (χ1n) is 8.62. The molecule has 0 aromatic heterocycles. The van der Waals surface area contributed by atoms with Crippen LogP contribution in [0.5, 0.6) is 0 Å². The zero-order valence-corrected chi connectivity index (χ0v) is 16.3. The van der Waals surface area contributed by atoms with Gasteiger partial charge in [0.25, 0.3) is 0 Å². The van der Waals surface area contributed by atoms with E-state index in [1.54, 1.807) is 6.92 Å². The maximum atomic E-state index is 10.7. The number of aliphatic hydroxyl groups excluding tert-OH is 1. The zero-order chi connectivity index (χ0) is 20.4. The van der Waals surface area contributed by atoms with E-state index in [-0.39, 0.29) is 19.6 Å². The summed E-state index contributed by atoms with van der Waals surface area (Å²) in [6.07, 6.45) is 5.98. The number of unbranched alkanes of at least 4 members (excludes halogenated alkanes) is 2. The first-order chi connectivity index (χ1) is 11.5. The number of carbonyl (C=O) groups excluding carboxylic acids is 3. The highest BCUT2D eigenvalue weighted by molar-refractivity contribution is 6.32. The Labute approximate surface area is 158 Å². The zero-order valence-electron chi connectivity index (χ0n) is 16.3. The molecule has 0 aliphatic rings. The Morgan fingerprint density at radius 2 is 1.27 bits per heavy atom. The van der Waals surface area contributed by atoms with Crippen molar-refractivity contribution >= 4 is 23.5 Å². The third kappa shape index (κ3) is 30.2. The van der Waals surface area contributed by atoms with Gasteiger partial charge in [-0.05, 0) is 26.7 Å². The van der Waals surface area contributed by atoms with Crippen LogP contribution in [0.25, 0.3) is 0 Å². The van der Waals surface area contributed by atoms with Crippen molar-refractivity contribution in [2.24, 2.45) is 0 Å².